The fourth-order valence-electron chi connectivity index (χ4n) is 3.35. The number of hydrogen-bond acceptors (Lipinski definition) is 6. The van der Waals surface area contributed by atoms with E-state index in [1.54, 1.807) is 29.2 Å². The van der Waals surface area contributed by atoms with E-state index in [0.717, 1.165) is 12.1 Å². The number of rotatable bonds is 6. The summed E-state index contributed by atoms with van der Waals surface area (Å²) in [6, 6.07) is 11.0. The first-order chi connectivity index (χ1) is 14.7. The average Bonchev–Trinajstić information content (AvgIpc) is 2.73. The predicted octanol–water partition coefficient (Wildman–Crippen LogP) is 2.14. The molecule has 0 aliphatic carbocycles. The number of non-ortho nitro benzene ring substituents is 1. The summed E-state index contributed by atoms with van der Waals surface area (Å²) in [4.78, 5) is 35.7. The van der Waals surface area contributed by atoms with Gasteiger partial charge in [-0.05, 0) is 43.2 Å². The highest BCUT2D eigenvalue weighted by Crippen LogP contribution is 2.20. The topological polar surface area (TPSA) is 139 Å². The number of nitrogens with zero attached hydrogens (tertiary/aromatic N) is 2. The second kappa shape index (κ2) is 9.23. The van der Waals surface area contributed by atoms with Crippen LogP contribution in [0.5, 0.6) is 0 Å². The molecule has 0 aromatic heterocycles. The number of nitro benzene ring substituents is 1. The molecule has 11 heteroatoms. The predicted molar refractivity (Wildman–Crippen MR) is 113 cm³/mol. The monoisotopic (exact) mass is 446 g/mol. The first-order valence-electron chi connectivity index (χ1n) is 9.59. The van der Waals surface area contributed by atoms with Crippen LogP contribution in [0.1, 0.15) is 30.1 Å². The molecule has 31 heavy (non-hydrogen) atoms. The largest absolute Gasteiger partial charge is 0.339 e. The first kappa shape index (κ1) is 22.4. The van der Waals surface area contributed by atoms with Gasteiger partial charge >= 0.3 is 0 Å². The van der Waals surface area contributed by atoms with Crippen LogP contribution in [0.4, 0.5) is 11.4 Å². The number of nitrogens with one attached hydrogen (secondary N) is 2. The average molecular weight is 446 g/mol. The van der Waals surface area contributed by atoms with E-state index in [9.17, 15) is 28.1 Å². The SMILES string of the molecule is CC(=O)Nc1cccc(C(=O)N2CCC(NS(=O)(=O)c3ccc([N+](=O)[O-])cc3)CC2)c1. The maximum absolute atomic E-state index is 12.8. The van der Waals surface area contributed by atoms with Gasteiger partial charge in [-0.25, -0.2) is 13.1 Å². The molecule has 0 radical (unpaired) electrons. The molecule has 0 atom stereocenters. The summed E-state index contributed by atoms with van der Waals surface area (Å²) in [5.41, 5.74) is 0.786. The molecule has 1 aliphatic heterocycles. The number of likely N-dealkylation sites (tertiary alicyclic amines) is 1. The Balaban J connectivity index is 1.59. The van der Waals surface area contributed by atoms with E-state index in [1.807, 2.05) is 0 Å². The minimum Gasteiger partial charge on any atom is -0.339 e. The third-order valence-electron chi connectivity index (χ3n) is 4.89. The van der Waals surface area contributed by atoms with Crippen molar-refractivity contribution in [3.05, 3.63) is 64.2 Å². The van der Waals surface area contributed by atoms with E-state index >= 15 is 0 Å². The Morgan fingerprint density at radius 2 is 1.74 bits per heavy atom. The number of carbonyl (C=O) groups excluding carboxylic acids is 2. The zero-order chi connectivity index (χ0) is 22.6. The molecule has 2 aromatic rings. The molecule has 1 heterocycles. The molecule has 164 valence electrons. The number of piperidine rings is 1. The van der Waals surface area contributed by atoms with Gasteiger partial charge in [-0.15, -0.1) is 0 Å². The van der Waals surface area contributed by atoms with Crippen molar-refractivity contribution in [3.8, 4) is 0 Å². The molecule has 1 aliphatic rings. The van der Waals surface area contributed by atoms with Gasteiger partial charge in [-0.2, -0.15) is 0 Å². The van der Waals surface area contributed by atoms with Gasteiger partial charge in [0.15, 0.2) is 0 Å². The fraction of sp³-hybridized carbons (Fsp3) is 0.300. The van der Waals surface area contributed by atoms with Crippen LogP contribution in [0, 0.1) is 10.1 Å². The Morgan fingerprint density at radius 1 is 1.10 bits per heavy atom. The number of benzene rings is 2. The lowest BCUT2D eigenvalue weighted by atomic mass is 10.0. The number of sulfonamides is 1. The maximum atomic E-state index is 12.8. The van der Waals surface area contributed by atoms with Gasteiger partial charge in [0.25, 0.3) is 11.6 Å². The lowest BCUT2D eigenvalue weighted by Crippen LogP contribution is -2.46. The number of carbonyl (C=O) groups is 2. The second-order valence-electron chi connectivity index (χ2n) is 7.20. The molecule has 0 saturated carbocycles. The van der Waals surface area contributed by atoms with E-state index < -0.39 is 14.9 Å². The van der Waals surface area contributed by atoms with Crippen molar-refractivity contribution in [2.24, 2.45) is 0 Å². The van der Waals surface area contributed by atoms with Crippen LogP contribution in [-0.2, 0) is 14.8 Å². The van der Waals surface area contributed by atoms with E-state index in [1.165, 1.54) is 19.1 Å². The molecule has 1 fully saturated rings. The molecule has 2 aromatic carbocycles. The lowest BCUT2D eigenvalue weighted by Gasteiger charge is -2.32. The third kappa shape index (κ3) is 5.64. The first-order valence-corrected chi connectivity index (χ1v) is 11.1. The van der Waals surface area contributed by atoms with E-state index in [2.05, 4.69) is 10.0 Å². The van der Waals surface area contributed by atoms with E-state index in [4.69, 9.17) is 0 Å². The van der Waals surface area contributed by atoms with Gasteiger partial charge in [0.2, 0.25) is 15.9 Å². The maximum Gasteiger partial charge on any atom is 0.269 e. The highest BCUT2D eigenvalue weighted by Gasteiger charge is 2.27. The summed E-state index contributed by atoms with van der Waals surface area (Å²) in [7, 11) is -3.83. The van der Waals surface area contributed by atoms with Crippen LogP contribution in [0.25, 0.3) is 0 Å². The van der Waals surface area contributed by atoms with Crippen molar-refractivity contribution in [2.45, 2.75) is 30.7 Å². The van der Waals surface area contributed by atoms with Crippen LogP contribution in [0.15, 0.2) is 53.4 Å². The highest BCUT2D eigenvalue weighted by atomic mass is 32.2. The number of hydrogen-bond donors (Lipinski definition) is 2. The quantitative estimate of drug-likeness (QED) is 0.515. The summed E-state index contributed by atoms with van der Waals surface area (Å²) in [6.07, 6.45) is 0.868. The van der Waals surface area contributed by atoms with Gasteiger partial charge < -0.3 is 10.2 Å². The fourth-order valence-corrected chi connectivity index (χ4v) is 4.66. The second-order valence-corrected chi connectivity index (χ2v) is 8.91. The molecule has 3 rings (SSSR count). The van der Waals surface area contributed by atoms with Crippen LogP contribution in [0.2, 0.25) is 0 Å². The summed E-state index contributed by atoms with van der Waals surface area (Å²) < 4.78 is 27.7. The summed E-state index contributed by atoms with van der Waals surface area (Å²) in [6.45, 7) is 2.13. The Morgan fingerprint density at radius 3 is 2.32 bits per heavy atom. The molecular formula is C20H22N4O6S. The Hall–Kier alpha value is -3.31. The molecule has 0 bridgehead atoms. The minimum atomic E-state index is -3.83. The van der Waals surface area contributed by atoms with Crippen LogP contribution in [-0.4, -0.2) is 49.2 Å². The molecule has 2 N–H and O–H groups in total. The zero-order valence-electron chi connectivity index (χ0n) is 16.8. The number of anilines is 1. The Kier molecular flexibility index (Phi) is 6.66. The third-order valence-corrected chi connectivity index (χ3v) is 6.43. The van der Waals surface area contributed by atoms with Gasteiger partial charge in [0.05, 0.1) is 9.82 Å². The van der Waals surface area contributed by atoms with Gasteiger partial charge in [0, 0.05) is 49.4 Å². The van der Waals surface area contributed by atoms with Crippen molar-refractivity contribution in [3.63, 3.8) is 0 Å². The number of nitro groups is 1. The van der Waals surface area contributed by atoms with Gasteiger partial charge in [0.1, 0.15) is 0 Å². The van der Waals surface area contributed by atoms with Crippen molar-refractivity contribution in [1.29, 1.82) is 0 Å². The normalized spacial score (nSPS) is 14.8. The van der Waals surface area contributed by atoms with Crippen molar-refractivity contribution in [1.82, 2.24) is 9.62 Å². The van der Waals surface area contributed by atoms with Crippen molar-refractivity contribution >= 4 is 33.2 Å². The summed E-state index contributed by atoms with van der Waals surface area (Å²) >= 11 is 0. The molecule has 0 spiro atoms. The van der Waals surface area contributed by atoms with Crippen LogP contribution < -0.4 is 10.0 Å². The smallest absolute Gasteiger partial charge is 0.269 e. The van der Waals surface area contributed by atoms with Gasteiger partial charge in [-0.1, -0.05) is 6.07 Å². The van der Waals surface area contributed by atoms with E-state index in [0.29, 0.717) is 37.2 Å². The molecule has 2 amide bonds. The minimum absolute atomic E-state index is 0.0496. The molecular weight excluding hydrogens is 424 g/mol. The van der Waals surface area contributed by atoms with Crippen molar-refractivity contribution in [2.75, 3.05) is 18.4 Å². The summed E-state index contributed by atoms with van der Waals surface area (Å²) in [5.74, 6) is -0.422. The van der Waals surface area contributed by atoms with Crippen molar-refractivity contribution < 1.29 is 22.9 Å². The lowest BCUT2D eigenvalue weighted by molar-refractivity contribution is -0.384. The van der Waals surface area contributed by atoms with Crippen LogP contribution in [0.3, 0.4) is 0 Å². The Bertz CT molecular complexity index is 1090. The van der Waals surface area contributed by atoms with E-state index in [-0.39, 0.29) is 28.4 Å². The van der Waals surface area contributed by atoms with Crippen LogP contribution >= 0.6 is 0 Å². The molecule has 1 saturated heterocycles. The Labute approximate surface area is 179 Å². The number of amides is 2. The zero-order valence-corrected chi connectivity index (χ0v) is 17.6. The summed E-state index contributed by atoms with van der Waals surface area (Å²) in [5, 5.41) is 13.4. The molecule has 10 nitrogen and oxygen atoms in total. The van der Waals surface area contributed by atoms with Gasteiger partial charge in [-0.3, -0.25) is 19.7 Å². The highest BCUT2D eigenvalue weighted by molar-refractivity contribution is 7.89. The standard InChI is InChI=1S/C20H22N4O6S/c1-14(25)21-17-4-2-3-15(13-17)20(26)23-11-9-16(10-12-23)22-31(29,30)19-7-5-18(6-8-19)24(27)28/h2-8,13,16,22H,9-12H2,1H3,(H,21,25). The molecule has 0 unspecified atom stereocenters.